The normalized spacial score (nSPS) is 10.3. The minimum atomic E-state index is 0.0217. The molecule has 0 aliphatic heterocycles. The van der Waals surface area contributed by atoms with E-state index in [1.165, 1.54) is 0 Å². The van der Waals surface area contributed by atoms with Crippen LogP contribution in [-0.4, -0.2) is 54.2 Å². The molecule has 0 aromatic rings. The highest BCUT2D eigenvalue weighted by Crippen LogP contribution is 1.82. The molecule has 0 aliphatic rings. The van der Waals surface area contributed by atoms with Crippen LogP contribution in [-0.2, 0) is 4.79 Å². The van der Waals surface area contributed by atoms with Gasteiger partial charge in [-0.05, 0) is 0 Å². The zero-order chi connectivity index (χ0) is 7.82. The van der Waals surface area contributed by atoms with Crippen LogP contribution in [0.4, 0.5) is 0 Å². The Balaban J connectivity index is 3.38. The Morgan fingerprint density at radius 2 is 1.70 bits per heavy atom. The van der Waals surface area contributed by atoms with Crippen LogP contribution in [0.15, 0.2) is 0 Å². The molecule has 0 saturated heterocycles. The van der Waals surface area contributed by atoms with Crippen LogP contribution in [0.2, 0.25) is 0 Å². The van der Waals surface area contributed by atoms with E-state index >= 15 is 0 Å². The molecule has 0 aromatic carbocycles. The molecular formula is C6H13NO3. The third-order valence-corrected chi connectivity index (χ3v) is 1.17. The second kappa shape index (κ2) is 6.67. The molecule has 0 amide bonds. The lowest BCUT2D eigenvalue weighted by Gasteiger charge is -2.15. The standard InChI is InChI=1S/C6H13NO3/c8-4-1-7(2-5-9)3-6-10/h4,9-10H,1-3,5-6H2. The van der Waals surface area contributed by atoms with Crippen molar-refractivity contribution >= 4 is 6.29 Å². The monoisotopic (exact) mass is 147 g/mol. The van der Waals surface area contributed by atoms with Gasteiger partial charge in [-0.25, -0.2) is 0 Å². The molecule has 0 aromatic heterocycles. The van der Waals surface area contributed by atoms with Gasteiger partial charge in [-0.2, -0.15) is 0 Å². The molecule has 4 nitrogen and oxygen atoms in total. The van der Waals surface area contributed by atoms with Gasteiger partial charge in [0.25, 0.3) is 0 Å². The first kappa shape index (κ1) is 9.55. The van der Waals surface area contributed by atoms with E-state index in [0.29, 0.717) is 13.1 Å². The fraction of sp³-hybridized carbons (Fsp3) is 0.833. The molecule has 2 N–H and O–H groups in total. The van der Waals surface area contributed by atoms with E-state index in [4.69, 9.17) is 10.2 Å². The van der Waals surface area contributed by atoms with Gasteiger partial charge in [0.2, 0.25) is 0 Å². The number of hydrogen-bond acceptors (Lipinski definition) is 4. The molecule has 60 valence electrons. The lowest BCUT2D eigenvalue weighted by atomic mass is 10.5. The van der Waals surface area contributed by atoms with Gasteiger partial charge in [0.1, 0.15) is 6.29 Å². The van der Waals surface area contributed by atoms with Crippen molar-refractivity contribution in [2.75, 3.05) is 32.8 Å². The fourth-order valence-corrected chi connectivity index (χ4v) is 0.683. The maximum absolute atomic E-state index is 9.96. The highest BCUT2D eigenvalue weighted by atomic mass is 16.3. The van der Waals surface area contributed by atoms with Crippen molar-refractivity contribution in [3.8, 4) is 0 Å². The highest BCUT2D eigenvalue weighted by Gasteiger charge is 2.00. The number of aliphatic hydroxyl groups is 2. The Morgan fingerprint density at radius 1 is 1.20 bits per heavy atom. The molecule has 0 radical (unpaired) electrons. The summed E-state index contributed by atoms with van der Waals surface area (Å²) in [5, 5.41) is 16.9. The molecule has 0 unspecified atom stereocenters. The van der Waals surface area contributed by atoms with Gasteiger partial charge >= 0.3 is 0 Å². The van der Waals surface area contributed by atoms with Gasteiger partial charge in [0.15, 0.2) is 0 Å². The molecule has 0 spiro atoms. The summed E-state index contributed by atoms with van der Waals surface area (Å²) in [6.45, 7) is 1.21. The SMILES string of the molecule is O=CCN(CCO)CCO. The van der Waals surface area contributed by atoms with E-state index in [1.807, 2.05) is 0 Å². The van der Waals surface area contributed by atoms with Gasteiger partial charge in [-0.15, -0.1) is 0 Å². The molecular weight excluding hydrogens is 134 g/mol. The lowest BCUT2D eigenvalue weighted by Crippen LogP contribution is -2.31. The van der Waals surface area contributed by atoms with Crippen molar-refractivity contribution in [2.24, 2.45) is 0 Å². The van der Waals surface area contributed by atoms with Crippen LogP contribution in [0.1, 0.15) is 0 Å². The highest BCUT2D eigenvalue weighted by molar-refractivity contribution is 5.51. The molecule has 0 aliphatic carbocycles. The number of rotatable bonds is 6. The maximum atomic E-state index is 9.96. The van der Waals surface area contributed by atoms with E-state index in [1.54, 1.807) is 4.90 Å². The Labute approximate surface area is 60.1 Å². The van der Waals surface area contributed by atoms with Crippen molar-refractivity contribution in [2.45, 2.75) is 0 Å². The second-order valence-corrected chi connectivity index (χ2v) is 1.91. The molecule has 10 heavy (non-hydrogen) atoms. The zero-order valence-corrected chi connectivity index (χ0v) is 5.86. The Morgan fingerprint density at radius 3 is 2.00 bits per heavy atom. The largest absolute Gasteiger partial charge is 0.395 e. The number of nitrogens with zero attached hydrogens (tertiary/aromatic N) is 1. The average molecular weight is 147 g/mol. The van der Waals surface area contributed by atoms with Crippen molar-refractivity contribution in [3.05, 3.63) is 0 Å². The van der Waals surface area contributed by atoms with Gasteiger partial charge in [0.05, 0.1) is 19.8 Å². The predicted molar refractivity (Wildman–Crippen MR) is 36.7 cm³/mol. The quantitative estimate of drug-likeness (QED) is 0.447. The minimum Gasteiger partial charge on any atom is -0.395 e. The van der Waals surface area contributed by atoms with Crippen LogP contribution >= 0.6 is 0 Å². The number of aldehydes is 1. The maximum Gasteiger partial charge on any atom is 0.133 e. The first-order valence-electron chi connectivity index (χ1n) is 3.23. The first-order chi connectivity index (χ1) is 4.85. The summed E-state index contributed by atoms with van der Waals surface area (Å²) in [5.74, 6) is 0. The van der Waals surface area contributed by atoms with Crippen molar-refractivity contribution < 1.29 is 15.0 Å². The minimum absolute atomic E-state index is 0.0217. The van der Waals surface area contributed by atoms with Crippen LogP contribution in [0, 0.1) is 0 Å². The fourth-order valence-electron chi connectivity index (χ4n) is 0.683. The summed E-state index contributed by atoms with van der Waals surface area (Å²) in [7, 11) is 0. The molecule has 0 atom stereocenters. The van der Waals surface area contributed by atoms with Crippen molar-refractivity contribution in [3.63, 3.8) is 0 Å². The smallest absolute Gasteiger partial charge is 0.133 e. The summed E-state index contributed by atoms with van der Waals surface area (Å²) in [5.41, 5.74) is 0. The van der Waals surface area contributed by atoms with E-state index in [2.05, 4.69) is 0 Å². The third kappa shape index (κ3) is 4.43. The van der Waals surface area contributed by atoms with E-state index in [0.717, 1.165) is 6.29 Å². The Bertz CT molecular complexity index is 81.1. The Kier molecular flexibility index (Phi) is 6.37. The zero-order valence-electron chi connectivity index (χ0n) is 5.86. The molecule has 0 rings (SSSR count). The van der Waals surface area contributed by atoms with Crippen LogP contribution in [0.5, 0.6) is 0 Å². The van der Waals surface area contributed by atoms with Gasteiger partial charge in [-0.3, -0.25) is 4.90 Å². The summed E-state index contributed by atoms with van der Waals surface area (Å²) < 4.78 is 0. The molecule has 0 saturated carbocycles. The molecule has 4 heteroatoms. The molecule has 0 heterocycles. The number of carbonyl (C=O) groups is 1. The van der Waals surface area contributed by atoms with Crippen LogP contribution < -0.4 is 0 Å². The predicted octanol–water partition coefficient (Wildman–Crippen LogP) is -1.53. The first-order valence-corrected chi connectivity index (χ1v) is 3.23. The van der Waals surface area contributed by atoms with Crippen LogP contribution in [0.25, 0.3) is 0 Å². The van der Waals surface area contributed by atoms with Gasteiger partial charge < -0.3 is 15.0 Å². The topological polar surface area (TPSA) is 60.8 Å². The third-order valence-electron chi connectivity index (χ3n) is 1.17. The van der Waals surface area contributed by atoms with E-state index < -0.39 is 0 Å². The molecule has 0 bridgehead atoms. The lowest BCUT2D eigenvalue weighted by molar-refractivity contribution is -0.109. The number of hydrogen-bond donors (Lipinski definition) is 2. The summed E-state index contributed by atoms with van der Waals surface area (Å²) in [6, 6.07) is 0. The van der Waals surface area contributed by atoms with E-state index in [9.17, 15) is 4.79 Å². The average Bonchev–Trinajstić information content (AvgIpc) is 1.90. The summed E-state index contributed by atoms with van der Waals surface area (Å²) >= 11 is 0. The van der Waals surface area contributed by atoms with Gasteiger partial charge in [-0.1, -0.05) is 0 Å². The summed E-state index contributed by atoms with van der Waals surface area (Å²) in [4.78, 5) is 11.6. The van der Waals surface area contributed by atoms with Gasteiger partial charge in [0, 0.05) is 13.1 Å². The second-order valence-electron chi connectivity index (χ2n) is 1.91. The number of aliphatic hydroxyl groups excluding tert-OH is 2. The molecule has 0 fully saturated rings. The Hall–Kier alpha value is -0.450. The number of carbonyl (C=O) groups excluding carboxylic acids is 1. The van der Waals surface area contributed by atoms with E-state index in [-0.39, 0.29) is 19.8 Å². The summed E-state index contributed by atoms with van der Waals surface area (Å²) in [6.07, 6.45) is 0.755. The van der Waals surface area contributed by atoms with Crippen molar-refractivity contribution in [1.82, 2.24) is 4.90 Å². The van der Waals surface area contributed by atoms with Crippen LogP contribution in [0.3, 0.4) is 0 Å². The van der Waals surface area contributed by atoms with Crippen molar-refractivity contribution in [1.29, 1.82) is 0 Å².